The number of sulfonamides is 1. The van der Waals surface area contributed by atoms with Crippen molar-refractivity contribution >= 4 is 27.6 Å². The number of hydrogen-bond acceptors (Lipinski definition) is 7. The van der Waals surface area contributed by atoms with Crippen molar-refractivity contribution in [2.24, 2.45) is 0 Å². The lowest BCUT2D eigenvalue weighted by Crippen LogP contribution is -2.32. The maximum absolute atomic E-state index is 12.2. The zero-order valence-electron chi connectivity index (χ0n) is 17.7. The van der Waals surface area contributed by atoms with Crippen LogP contribution < -0.4 is 19.5 Å². The molecular formula is C21H26N2O7S. The van der Waals surface area contributed by atoms with Crippen LogP contribution in [0.5, 0.6) is 11.5 Å². The molecule has 2 rings (SSSR count). The number of methoxy groups -OCH3 is 1. The van der Waals surface area contributed by atoms with Crippen molar-refractivity contribution in [1.82, 2.24) is 4.72 Å². The Bertz CT molecular complexity index is 987. The molecule has 0 saturated carbocycles. The maximum atomic E-state index is 12.2. The summed E-state index contributed by atoms with van der Waals surface area (Å²) in [5, 5.41) is 2.57. The summed E-state index contributed by atoms with van der Waals surface area (Å²) < 4.78 is 42.1. The van der Waals surface area contributed by atoms with Crippen LogP contribution in [-0.2, 0) is 24.3 Å². The molecule has 2 N–H and O–H groups in total. The van der Waals surface area contributed by atoms with Crippen molar-refractivity contribution in [3.05, 3.63) is 48.5 Å². The Kier molecular flexibility index (Phi) is 8.40. The Hall–Kier alpha value is -3.11. The van der Waals surface area contributed by atoms with E-state index in [-0.39, 0.29) is 17.5 Å². The fourth-order valence-corrected chi connectivity index (χ4v) is 3.69. The Labute approximate surface area is 181 Å². The molecule has 0 heterocycles. The van der Waals surface area contributed by atoms with Gasteiger partial charge in [-0.05, 0) is 69.3 Å². The van der Waals surface area contributed by atoms with Gasteiger partial charge in [0.05, 0.1) is 12.0 Å². The Balaban J connectivity index is 1.85. The lowest BCUT2D eigenvalue weighted by Gasteiger charge is -2.14. The summed E-state index contributed by atoms with van der Waals surface area (Å²) in [5.74, 6) is -0.160. The van der Waals surface area contributed by atoms with Gasteiger partial charge in [0, 0.05) is 11.7 Å². The third-order valence-electron chi connectivity index (χ3n) is 3.92. The first-order chi connectivity index (χ1) is 14.6. The van der Waals surface area contributed by atoms with Crippen molar-refractivity contribution in [1.29, 1.82) is 0 Å². The van der Waals surface area contributed by atoms with Crippen molar-refractivity contribution in [3.63, 3.8) is 0 Å². The van der Waals surface area contributed by atoms with Gasteiger partial charge in [-0.3, -0.25) is 4.79 Å². The summed E-state index contributed by atoms with van der Waals surface area (Å²) in [7, 11) is -2.08. The van der Waals surface area contributed by atoms with Crippen LogP contribution >= 0.6 is 0 Å². The van der Waals surface area contributed by atoms with Gasteiger partial charge in [-0.15, -0.1) is 0 Å². The SMILES string of the molecule is COc1ccc(OCC(=O)OC(C)C(=O)Nc2ccc(S(=O)(=O)NC(C)C)cc2)cc1. The number of hydrogen-bond donors (Lipinski definition) is 2. The summed E-state index contributed by atoms with van der Waals surface area (Å²) in [5.41, 5.74) is 0.367. The van der Waals surface area contributed by atoms with Crippen molar-refractivity contribution in [2.45, 2.75) is 37.8 Å². The largest absolute Gasteiger partial charge is 0.497 e. The highest BCUT2D eigenvalue weighted by molar-refractivity contribution is 7.89. The lowest BCUT2D eigenvalue weighted by molar-refractivity contribution is -0.155. The van der Waals surface area contributed by atoms with Crippen LogP contribution in [0.25, 0.3) is 0 Å². The molecule has 2 aromatic rings. The van der Waals surface area contributed by atoms with Gasteiger partial charge in [0.25, 0.3) is 5.91 Å². The molecule has 0 aliphatic heterocycles. The zero-order valence-corrected chi connectivity index (χ0v) is 18.6. The monoisotopic (exact) mass is 450 g/mol. The predicted octanol–water partition coefficient (Wildman–Crippen LogP) is 2.33. The molecule has 168 valence electrons. The number of esters is 1. The van der Waals surface area contributed by atoms with Crippen LogP contribution in [0.1, 0.15) is 20.8 Å². The summed E-state index contributed by atoms with van der Waals surface area (Å²) in [6.45, 7) is 4.50. The average molecular weight is 451 g/mol. The van der Waals surface area contributed by atoms with Crippen molar-refractivity contribution in [3.8, 4) is 11.5 Å². The van der Waals surface area contributed by atoms with Gasteiger partial charge in [-0.25, -0.2) is 17.9 Å². The smallest absolute Gasteiger partial charge is 0.344 e. The lowest BCUT2D eigenvalue weighted by atomic mass is 10.3. The van der Waals surface area contributed by atoms with E-state index >= 15 is 0 Å². The van der Waals surface area contributed by atoms with Gasteiger partial charge in [0.2, 0.25) is 10.0 Å². The Morgan fingerprint density at radius 3 is 2.06 bits per heavy atom. The molecule has 31 heavy (non-hydrogen) atoms. The first kappa shape index (κ1) is 24.2. The summed E-state index contributed by atoms with van der Waals surface area (Å²) in [4.78, 5) is 24.2. The number of ether oxygens (including phenoxy) is 3. The molecule has 10 heteroatoms. The second-order valence-electron chi connectivity index (χ2n) is 6.89. The van der Waals surface area contributed by atoms with E-state index < -0.39 is 28.0 Å². The first-order valence-corrected chi connectivity index (χ1v) is 11.0. The summed E-state index contributed by atoms with van der Waals surface area (Å²) in [6, 6.07) is 12.1. The third kappa shape index (κ3) is 7.58. The van der Waals surface area contributed by atoms with Gasteiger partial charge >= 0.3 is 5.97 Å². The number of amides is 1. The molecule has 0 spiro atoms. The highest BCUT2D eigenvalue weighted by Crippen LogP contribution is 2.17. The molecule has 0 aromatic heterocycles. The van der Waals surface area contributed by atoms with Crippen LogP contribution in [0.15, 0.2) is 53.4 Å². The molecule has 2 aromatic carbocycles. The van der Waals surface area contributed by atoms with Crippen molar-refractivity contribution in [2.75, 3.05) is 19.0 Å². The Morgan fingerprint density at radius 1 is 0.935 bits per heavy atom. The molecule has 0 radical (unpaired) electrons. The van der Waals surface area contributed by atoms with E-state index in [1.54, 1.807) is 45.2 Å². The number of anilines is 1. The van der Waals surface area contributed by atoms with Gasteiger partial charge < -0.3 is 19.5 Å². The van der Waals surface area contributed by atoms with Crippen molar-refractivity contribution < 1.29 is 32.2 Å². The first-order valence-electron chi connectivity index (χ1n) is 9.50. The second kappa shape index (κ2) is 10.8. The maximum Gasteiger partial charge on any atom is 0.344 e. The quantitative estimate of drug-likeness (QED) is 0.533. The van der Waals surface area contributed by atoms with Gasteiger partial charge in [-0.1, -0.05) is 0 Å². The van der Waals surface area contributed by atoms with Crippen LogP contribution in [0.2, 0.25) is 0 Å². The fourth-order valence-electron chi connectivity index (χ4n) is 2.44. The molecule has 9 nitrogen and oxygen atoms in total. The standard InChI is InChI=1S/C21H26N2O7S/c1-14(2)23-31(26,27)19-11-5-16(6-12-19)22-21(25)15(3)30-20(24)13-29-18-9-7-17(28-4)8-10-18/h5-12,14-15,23H,13H2,1-4H3,(H,22,25). The molecule has 0 fully saturated rings. The normalized spacial score (nSPS) is 12.2. The molecular weight excluding hydrogens is 424 g/mol. The van der Waals surface area contributed by atoms with Gasteiger partial charge in [-0.2, -0.15) is 0 Å². The van der Waals surface area contributed by atoms with E-state index in [0.717, 1.165) is 0 Å². The number of carbonyl (C=O) groups is 2. The van der Waals surface area contributed by atoms with Gasteiger partial charge in [0.1, 0.15) is 11.5 Å². The number of carbonyl (C=O) groups excluding carboxylic acids is 2. The van der Waals surface area contributed by atoms with Crippen LogP contribution in [0.3, 0.4) is 0 Å². The van der Waals surface area contributed by atoms with E-state index in [1.807, 2.05) is 0 Å². The van der Waals surface area contributed by atoms with E-state index in [0.29, 0.717) is 17.2 Å². The van der Waals surface area contributed by atoms with E-state index in [9.17, 15) is 18.0 Å². The molecule has 1 atom stereocenters. The fraction of sp³-hybridized carbons (Fsp3) is 0.333. The van der Waals surface area contributed by atoms with Crippen LogP contribution in [-0.4, -0.2) is 46.2 Å². The topological polar surface area (TPSA) is 120 Å². The second-order valence-corrected chi connectivity index (χ2v) is 8.60. The number of rotatable bonds is 10. The molecule has 0 bridgehead atoms. The van der Waals surface area contributed by atoms with Crippen LogP contribution in [0.4, 0.5) is 5.69 Å². The predicted molar refractivity (Wildman–Crippen MR) is 115 cm³/mol. The molecule has 1 unspecified atom stereocenters. The minimum absolute atomic E-state index is 0.0781. The van der Waals surface area contributed by atoms with E-state index in [1.165, 1.54) is 31.2 Å². The third-order valence-corrected chi connectivity index (χ3v) is 5.59. The minimum Gasteiger partial charge on any atom is -0.497 e. The highest BCUT2D eigenvalue weighted by Gasteiger charge is 2.19. The molecule has 0 saturated heterocycles. The minimum atomic E-state index is -3.62. The van der Waals surface area contributed by atoms with E-state index in [2.05, 4.69) is 10.0 Å². The Morgan fingerprint density at radius 2 is 1.52 bits per heavy atom. The zero-order chi connectivity index (χ0) is 23.0. The molecule has 1 amide bonds. The van der Waals surface area contributed by atoms with Gasteiger partial charge in [0.15, 0.2) is 12.7 Å². The summed E-state index contributed by atoms with van der Waals surface area (Å²) in [6.07, 6.45) is -1.07. The van der Waals surface area contributed by atoms with Crippen LogP contribution in [0, 0.1) is 0 Å². The highest BCUT2D eigenvalue weighted by atomic mass is 32.2. The summed E-state index contributed by atoms with van der Waals surface area (Å²) >= 11 is 0. The number of benzene rings is 2. The molecule has 0 aliphatic carbocycles. The average Bonchev–Trinajstić information content (AvgIpc) is 2.72. The molecule has 0 aliphatic rings. The number of nitrogens with one attached hydrogen (secondary N) is 2. The van der Waals surface area contributed by atoms with E-state index in [4.69, 9.17) is 14.2 Å².